The Morgan fingerprint density at radius 1 is 1.12 bits per heavy atom. The van der Waals surface area contributed by atoms with Crippen molar-refractivity contribution in [1.82, 2.24) is 0 Å². The van der Waals surface area contributed by atoms with Gasteiger partial charge in [0, 0.05) is 0 Å². The van der Waals surface area contributed by atoms with Crippen LogP contribution in [0.3, 0.4) is 0 Å². The predicted molar refractivity (Wildman–Crippen MR) is 90.0 cm³/mol. The number of ether oxygens (including phenoxy) is 1. The molecule has 0 bridgehead atoms. The van der Waals surface area contributed by atoms with E-state index in [0.717, 1.165) is 11.1 Å². The second kappa shape index (κ2) is 6.35. The Bertz CT molecular complexity index is 759. The van der Waals surface area contributed by atoms with E-state index in [2.05, 4.69) is 0 Å². The first kappa shape index (κ1) is 16.1. The van der Waals surface area contributed by atoms with Gasteiger partial charge in [-0.3, -0.25) is 9.69 Å². The van der Waals surface area contributed by atoms with E-state index in [1.54, 1.807) is 6.07 Å². The summed E-state index contributed by atoms with van der Waals surface area (Å²) < 4.78 is 4.86. The number of esters is 1. The van der Waals surface area contributed by atoms with E-state index in [9.17, 15) is 14.7 Å². The third-order valence-corrected chi connectivity index (χ3v) is 4.64. The summed E-state index contributed by atoms with van der Waals surface area (Å²) in [6.45, 7) is 0. The molecule has 0 spiro atoms. The maximum absolute atomic E-state index is 12.1. The Morgan fingerprint density at radius 2 is 1.79 bits per heavy atom. The molecule has 2 aromatic carbocycles. The molecule has 124 valence electrons. The van der Waals surface area contributed by atoms with Gasteiger partial charge < -0.3 is 9.84 Å². The summed E-state index contributed by atoms with van der Waals surface area (Å²) in [5.74, 6) is -0.426. The van der Waals surface area contributed by atoms with E-state index in [4.69, 9.17) is 4.74 Å². The van der Waals surface area contributed by atoms with Gasteiger partial charge in [0.2, 0.25) is 0 Å². The van der Waals surface area contributed by atoms with Gasteiger partial charge >= 0.3 is 12.1 Å². The molecule has 0 saturated carbocycles. The Labute approximate surface area is 140 Å². The lowest BCUT2D eigenvalue weighted by Gasteiger charge is -2.46. The number of para-hydroxylation sites is 1. The van der Waals surface area contributed by atoms with Crippen LogP contribution in [0.4, 0.5) is 10.5 Å². The number of nitrogens with zero attached hydrogens (tertiary/aromatic N) is 1. The van der Waals surface area contributed by atoms with Crippen molar-refractivity contribution in [1.29, 1.82) is 0 Å². The first-order chi connectivity index (χ1) is 11.6. The fraction of sp³-hybridized carbons (Fsp3) is 0.263. The fourth-order valence-electron chi connectivity index (χ4n) is 3.51. The molecule has 3 rings (SSSR count). The molecular formula is C19H19NO4. The van der Waals surface area contributed by atoms with Crippen molar-refractivity contribution < 1.29 is 19.4 Å². The highest BCUT2D eigenvalue weighted by Gasteiger charge is 2.47. The Kier molecular flexibility index (Phi) is 4.25. The minimum absolute atomic E-state index is 0.0197. The molecule has 5 heteroatoms. The van der Waals surface area contributed by atoms with E-state index in [0.29, 0.717) is 18.5 Å². The molecule has 0 saturated heterocycles. The Hall–Kier alpha value is -2.82. The zero-order valence-corrected chi connectivity index (χ0v) is 13.4. The molecule has 1 heterocycles. The number of hydrogen-bond acceptors (Lipinski definition) is 3. The minimum Gasteiger partial charge on any atom is -0.469 e. The van der Waals surface area contributed by atoms with Gasteiger partial charge in [-0.05, 0) is 30.0 Å². The molecule has 0 aliphatic carbocycles. The molecule has 0 aromatic heterocycles. The van der Waals surface area contributed by atoms with Crippen molar-refractivity contribution in [2.45, 2.75) is 24.8 Å². The van der Waals surface area contributed by atoms with E-state index in [1.807, 2.05) is 48.5 Å². The number of anilines is 1. The zero-order valence-electron chi connectivity index (χ0n) is 13.4. The van der Waals surface area contributed by atoms with Crippen molar-refractivity contribution >= 4 is 17.7 Å². The van der Waals surface area contributed by atoms with Gasteiger partial charge in [0.1, 0.15) is 0 Å². The van der Waals surface area contributed by atoms with E-state index < -0.39 is 17.6 Å². The zero-order chi connectivity index (χ0) is 17.2. The molecule has 1 unspecified atom stereocenters. The standard InChI is InChI=1S/C19H19NO4/c1-24-17(21)13-19(15-8-3-2-4-9-15)12-11-14-7-5-6-10-16(14)20(19)18(22)23/h2-10H,11-13H2,1H3,(H,22,23). The van der Waals surface area contributed by atoms with Crippen LogP contribution in [-0.2, 0) is 21.5 Å². The minimum atomic E-state index is -1.07. The summed E-state index contributed by atoms with van der Waals surface area (Å²) in [7, 11) is 1.32. The highest BCUT2D eigenvalue weighted by molar-refractivity contribution is 5.91. The molecule has 1 atom stereocenters. The normalized spacial score (nSPS) is 19.5. The van der Waals surface area contributed by atoms with Crippen LogP contribution in [0.2, 0.25) is 0 Å². The van der Waals surface area contributed by atoms with Gasteiger partial charge in [-0.2, -0.15) is 0 Å². The number of aryl methyl sites for hydroxylation is 1. The van der Waals surface area contributed by atoms with Crippen LogP contribution in [0.1, 0.15) is 24.0 Å². The van der Waals surface area contributed by atoms with Gasteiger partial charge in [0.05, 0.1) is 24.8 Å². The SMILES string of the molecule is COC(=O)CC1(c2ccccc2)CCc2ccccc2N1C(=O)O. The summed E-state index contributed by atoms with van der Waals surface area (Å²) in [6.07, 6.45) is 0.130. The average Bonchev–Trinajstić information content (AvgIpc) is 2.61. The van der Waals surface area contributed by atoms with Crippen LogP contribution in [-0.4, -0.2) is 24.3 Å². The quantitative estimate of drug-likeness (QED) is 0.876. The smallest absolute Gasteiger partial charge is 0.412 e. The lowest BCUT2D eigenvalue weighted by Crippen LogP contribution is -2.53. The number of benzene rings is 2. The molecule has 5 nitrogen and oxygen atoms in total. The van der Waals surface area contributed by atoms with Crippen molar-refractivity contribution in [3.63, 3.8) is 0 Å². The molecular weight excluding hydrogens is 306 g/mol. The number of rotatable bonds is 3. The van der Waals surface area contributed by atoms with Crippen molar-refractivity contribution in [3.05, 3.63) is 65.7 Å². The second-order valence-electron chi connectivity index (χ2n) is 5.90. The average molecular weight is 325 g/mol. The second-order valence-corrected chi connectivity index (χ2v) is 5.90. The third-order valence-electron chi connectivity index (χ3n) is 4.64. The molecule has 1 N–H and O–H groups in total. The fourth-order valence-corrected chi connectivity index (χ4v) is 3.51. The summed E-state index contributed by atoms with van der Waals surface area (Å²) in [5.41, 5.74) is 1.43. The van der Waals surface area contributed by atoms with Gasteiger partial charge in [-0.1, -0.05) is 48.5 Å². The highest BCUT2D eigenvalue weighted by atomic mass is 16.5. The molecule has 2 aromatic rings. The Morgan fingerprint density at radius 3 is 2.46 bits per heavy atom. The number of carbonyl (C=O) groups is 2. The highest BCUT2D eigenvalue weighted by Crippen LogP contribution is 2.45. The number of carbonyl (C=O) groups excluding carboxylic acids is 1. The number of fused-ring (bicyclic) bond motifs is 1. The first-order valence-electron chi connectivity index (χ1n) is 7.82. The van der Waals surface area contributed by atoms with Crippen molar-refractivity contribution in [3.8, 4) is 0 Å². The van der Waals surface area contributed by atoms with Crippen molar-refractivity contribution in [2.75, 3.05) is 12.0 Å². The van der Waals surface area contributed by atoms with Crippen LogP contribution in [0.15, 0.2) is 54.6 Å². The maximum Gasteiger partial charge on any atom is 0.412 e. The van der Waals surface area contributed by atoms with Gasteiger partial charge in [0.25, 0.3) is 0 Å². The molecule has 24 heavy (non-hydrogen) atoms. The number of carboxylic acid groups (broad SMARTS) is 1. The Balaban J connectivity index is 2.20. The van der Waals surface area contributed by atoms with Crippen LogP contribution < -0.4 is 4.90 Å². The van der Waals surface area contributed by atoms with Gasteiger partial charge in [-0.15, -0.1) is 0 Å². The van der Waals surface area contributed by atoms with Crippen LogP contribution in [0, 0.1) is 0 Å². The van der Waals surface area contributed by atoms with Gasteiger partial charge in [-0.25, -0.2) is 4.79 Å². The number of methoxy groups -OCH3 is 1. The molecule has 1 amide bonds. The summed E-state index contributed by atoms with van der Waals surface area (Å²) in [5, 5.41) is 9.94. The maximum atomic E-state index is 12.1. The number of amides is 1. The van der Waals surface area contributed by atoms with E-state index in [-0.39, 0.29) is 6.42 Å². The van der Waals surface area contributed by atoms with E-state index in [1.165, 1.54) is 12.0 Å². The molecule has 0 radical (unpaired) electrons. The predicted octanol–water partition coefficient (Wildman–Crippen LogP) is 3.58. The molecule has 0 fully saturated rings. The third kappa shape index (κ3) is 2.62. The van der Waals surface area contributed by atoms with E-state index >= 15 is 0 Å². The largest absolute Gasteiger partial charge is 0.469 e. The van der Waals surface area contributed by atoms with Crippen molar-refractivity contribution in [2.24, 2.45) is 0 Å². The summed E-state index contributed by atoms with van der Waals surface area (Å²) in [4.78, 5) is 25.6. The number of hydrogen-bond donors (Lipinski definition) is 1. The topological polar surface area (TPSA) is 66.8 Å². The van der Waals surface area contributed by atoms with Crippen LogP contribution in [0.25, 0.3) is 0 Å². The van der Waals surface area contributed by atoms with Crippen LogP contribution in [0.5, 0.6) is 0 Å². The summed E-state index contributed by atoms with van der Waals surface area (Å²) in [6, 6.07) is 16.7. The lowest BCUT2D eigenvalue weighted by atomic mass is 9.76. The monoisotopic (exact) mass is 325 g/mol. The molecule has 1 aliphatic heterocycles. The lowest BCUT2D eigenvalue weighted by molar-refractivity contribution is -0.142. The molecule has 1 aliphatic rings. The first-order valence-corrected chi connectivity index (χ1v) is 7.82. The summed E-state index contributed by atoms with van der Waals surface area (Å²) >= 11 is 0. The van der Waals surface area contributed by atoms with Gasteiger partial charge in [0.15, 0.2) is 0 Å². The van der Waals surface area contributed by atoms with Crippen LogP contribution >= 0.6 is 0 Å².